The van der Waals surface area contributed by atoms with Crippen LogP contribution in [0.15, 0.2) is 24.3 Å². The number of nitrogens with one attached hydrogen (secondary N) is 3. The van der Waals surface area contributed by atoms with Crippen molar-refractivity contribution in [1.82, 2.24) is 10.7 Å². The Bertz CT molecular complexity index is 561. The first kappa shape index (κ1) is 15.4. The summed E-state index contributed by atoms with van der Waals surface area (Å²) in [5.74, 6) is 1.43. The van der Waals surface area contributed by atoms with E-state index < -0.39 is 11.7 Å². The molecule has 3 nitrogen and oxygen atoms in total. The second-order valence-electron chi connectivity index (χ2n) is 6.05. The lowest BCUT2D eigenvalue weighted by molar-refractivity contribution is -0.137. The molecule has 0 spiro atoms. The number of benzene rings is 1. The summed E-state index contributed by atoms with van der Waals surface area (Å²) in [4.78, 5) is 0. The standard InChI is InChI=1S/C15H18F3N3S/c16-15(17,18)11-3-1-2-4-12(11)20-21-14(22)19-13-8-9-5-6-10(13)7-9/h1-4,9-10,13,20H,5-8H2,(H2,19,21,22)/t9-,10+,13-/m0/s1. The maximum atomic E-state index is 12.9. The van der Waals surface area contributed by atoms with E-state index in [4.69, 9.17) is 12.2 Å². The quantitative estimate of drug-likeness (QED) is 0.584. The first-order valence-electron chi connectivity index (χ1n) is 7.42. The highest BCUT2D eigenvalue weighted by Gasteiger charge is 2.39. The van der Waals surface area contributed by atoms with E-state index in [2.05, 4.69) is 16.2 Å². The van der Waals surface area contributed by atoms with E-state index in [1.165, 1.54) is 31.4 Å². The Labute approximate surface area is 132 Å². The van der Waals surface area contributed by atoms with Crippen molar-refractivity contribution in [3.8, 4) is 0 Å². The van der Waals surface area contributed by atoms with Crippen LogP contribution in [0.3, 0.4) is 0 Å². The van der Waals surface area contributed by atoms with Gasteiger partial charge in [0.2, 0.25) is 0 Å². The molecule has 3 rings (SSSR count). The minimum Gasteiger partial charge on any atom is -0.358 e. The largest absolute Gasteiger partial charge is 0.418 e. The summed E-state index contributed by atoms with van der Waals surface area (Å²) < 4.78 is 38.7. The first-order valence-corrected chi connectivity index (χ1v) is 7.83. The molecule has 0 aromatic heterocycles. The van der Waals surface area contributed by atoms with Gasteiger partial charge in [-0.05, 0) is 55.4 Å². The zero-order valence-corrected chi connectivity index (χ0v) is 12.7. The Hall–Kier alpha value is -1.50. The lowest BCUT2D eigenvalue weighted by Crippen LogP contribution is -2.46. The molecule has 0 saturated heterocycles. The number of hydrogen-bond donors (Lipinski definition) is 3. The van der Waals surface area contributed by atoms with E-state index >= 15 is 0 Å². The van der Waals surface area contributed by atoms with Gasteiger partial charge in [-0.2, -0.15) is 13.2 Å². The fraction of sp³-hybridized carbons (Fsp3) is 0.533. The maximum Gasteiger partial charge on any atom is 0.418 e. The van der Waals surface area contributed by atoms with Gasteiger partial charge in [0.25, 0.3) is 0 Å². The Kier molecular flexibility index (Phi) is 4.16. The summed E-state index contributed by atoms with van der Waals surface area (Å²) in [6.45, 7) is 0. The van der Waals surface area contributed by atoms with E-state index in [0.29, 0.717) is 17.1 Å². The van der Waals surface area contributed by atoms with Crippen molar-refractivity contribution < 1.29 is 13.2 Å². The molecule has 0 aliphatic heterocycles. The number of anilines is 1. The van der Waals surface area contributed by atoms with Crippen LogP contribution in [0.2, 0.25) is 0 Å². The second-order valence-corrected chi connectivity index (χ2v) is 6.46. The van der Waals surface area contributed by atoms with Crippen LogP contribution in [0.5, 0.6) is 0 Å². The highest BCUT2D eigenvalue weighted by Crippen LogP contribution is 2.44. The molecule has 2 aliphatic carbocycles. The van der Waals surface area contributed by atoms with Crippen molar-refractivity contribution in [2.45, 2.75) is 37.9 Å². The van der Waals surface area contributed by atoms with Gasteiger partial charge in [-0.3, -0.25) is 10.9 Å². The Morgan fingerprint density at radius 2 is 1.91 bits per heavy atom. The van der Waals surface area contributed by atoms with Crippen molar-refractivity contribution in [2.24, 2.45) is 11.8 Å². The number of hydrazine groups is 1. The van der Waals surface area contributed by atoms with E-state index in [9.17, 15) is 13.2 Å². The monoisotopic (exact) mass is 329 g/mol. The molecule has 1 aromatic rings. The highest BCUT2D eigenvalue weighted by atomic mass is 32.1. The van der Waals surface area contributed by atoms with Gasteiger partial charge >= 0.3 is 6.18 Å². The van der Waals surface area contributed by atoms with Crippen LogP contribution in [0.1, 0.15) is 31.2 Å². The summed E-state index contributed by atoms with van der Waals surface area (Å²) in [6.07, 6.45) is 0.455. The second kappa shape index (κ2) is 5.95. The topological polar surface area (TPSA) is 36.1 Å². The van der Waals surface area contributed by atoms with Crippen molar-refractivity contribution in [2.75, 3.05) is 5.43 Å². The fourth-order valence-corrected chi connectivity index (χ4v) is 3.79. The van der Waals surface area contributed by atoms with Crippen LogP contribution in [-0.2, 0) is 6.18 Å². The van der Waals surface area contributed by atoms with E-state index in [1.807, 2.05) is 0 Å². The van der Waals surface area contributed by atoms with Gasteiger partial charge in [-0.15, -0.1) is 0 Å². The molecule has 2 saturated carbocycles. The maximum absolute atomic E-state index is 12.9. The third-order valence-electron chi connectivity index (χ3n) is 4.60. The van der Waals surface area contributed by atoms with Gasteiger partial charge in [-0.25, -0.2) is 0 Å². The number of rotatable bonds is 3. The first-order chi connectivity index (χ1) is 10.4. The molecule has 0 unspecified atom stereocenters. The fourth-order valence-electron chi connectivity index (χ4n) is 3.59. The van der Waals surface area contributed by atoms with Gasteiger partial charge in [0.15, 0.2) is 5.11 Å². The minimum absolute atomic E-state index is 0.0351. The molecule has 2 bridgehead atoms. The molecule has 3 N–H and O–H groups in total. The van der Waals surface area contributed by atoms with Gasteiger partial charge in [-0.1, -0.05) is 18.6 Å². The van der Waals surface area contributed by atoms with Crippen molar-refractivity contribution in [1.29, 1.82) is 0 Å². The van der Waals surface area contributed by atoms with Crippen molar-refractivity contribution >= 4 is 23.0 Å². The molecule has 0 heterocycles. The third-order valence-corrected chi connectivity index (χ3v) is 4.82. The third kappa shape index (κ3) is 3.29. The molecule has 120 valence electrons. The van der Waals surface area contributed by atoms with E-state index in [0.717, 1.165) is 18.4 Å². The average molecular weight is 329 g/mol. The Balaban J connectivity index is 1.55. The molecule has 0 radical (unpaired) electrons. The summed E-state index contributed by atoms with van der Waals surface area (Å²) in [6, 6.07) is 5.66. The van der Waals surface area contributed by atoms with E-state index in [-0.39, 0.29) is 5.69 Å². The SMILES string of the molecule is FC(F)(F)c1ccccc1NNC(=S)N[C@H]1C[C@H]2CC[C@@H]1C2. The molecular formula is C15H18F3N3S. The zero-order chi connectivity index (χ0) is 15.7. The van der Waals surface area contributed by atoms with Gasteiger partial charge in [0.05, 0.1) is 11.3 Å². The summed E-state index contributed by atoms with van der Waals surface area (Å²) >= 11 is 5.18. The van der Waals surface area contributed by atoms with Crippen LogP contribution in [0.4, 0.5) is 18.9 Å². The van der Waals surface area contributed by atoms with Crippen LogP contribution in [-0.4, -0.2) is 11.2 Å². The molecule has 0 amide bonds. The number of alkyl halides is 3. The zero-order valence-electron chi connectivity index (χ0n) is 11.9. The van der Waals surface area contributed by atoms with E-state index in [1.54, 1.807) is 6.07 Å². The summed E-state index contributed by atoms with van der Waals surface area (Å²) in [5.41, 5.74) is 4.48. The molecule has 3 atom stereocenters. The molecule has 7 heteroatoms. The van der Waals surface area contributed by atoms with Gasteiger partial charge < -0.3 is 5.32 Å². The highest BCUT2D eigenvalue weighted by molar-refractivity contribution is 7.80. The Morgan fingerprint density at radius 1 is 1.14 bits per heavy atom. The summed E-state index contributed by atoms with van der Waals surface area (Å²) in [5, 5.41) is 3.56. The van der Waals surface area contributed by atoms with Crippen LogP contribution in [0.25, 0.3) is 0 Å². The van der Waals surface area contributed by atoms with Gasteiger partial charge in [0, 0.05) is 6.04 Å². The number of para-hydroxylation sites is 1. The smallest absolute Gasteiger partial charge is 0.358 e. The van der Waals surface area contributed by atoms with Crippen LogP contribution >= 0.6 is 12.2 Å². The van der Waals surface area contributed by atoms with Crippen molar-refractivity contribution in [3.05, 3.63) is 29.8 Å². The number of hydrogen-bond acceptors (Lipinski definition) is 2. The molecular weight excluding hydrogens is 311 g/mol. The van der Waals surface area contributed by atoms with Gasteiger partial charge in [0.1, 0.15) is 0 Å². The summed E-state index contributed by atoms with van der Waals surface area (Å²) in [7, 11) is 0. The van der Waals surface area contributed by atoms with Crippen LogP contribution in [0, 0.1) is 11.8 Å². The predicted molar refractivity (Wildman–Crippen MR) is 83.2 cm³/mol. The molecule has 22 heavy (non-hydrogen) atoms. The predicted octanol–water partition coefficient (Wildman–Crippen LogP) is 3.69. The minimum atomic E-state index is -4.40. The Morgan fingerprint density at radius 3 is 2.55 bits per heavy atom. The average Bonchev–Trinajstić information content (AvgIpc) is 3.07. The lowest BCUT2D eigenvalue weighted by atomic mass is 9.96. The lowest BCUT2D eigenvalue weighted by Gasteiger charge is -2.25. The number of thiocarbonyl (C=S) groups is 1. The van der Waals surface area contributed by atoms with Crippen LogP contribution < -0.4 is 16.2 Å². The molecule has 2 fully saturated rings. The number of halogens is 3. The molecule has 2 aliphatic rings. The van der Waals surface area contributed by atoms with Crippen molar-refractivity contribution in [3.63, 3.8) is 0 Å². The normalized spacial score (nSPS) is 26.8. The molecule has 1 aromatic carbocycles. The number of fused-ring (bicyclic) bond motifs is 2.